The Bertz CT molecular complexity index is 42.2. The molecule has 0 aliphatic carbocycles. The van der Waals surface area contributed by atoms with Gasteiger partial charge in [-0.1, -0.05) is 0 Å². The van der Waals surface area contributed by atoms with Crippen molar-refractivity contribution in [3.63, 3.8) is 0 Å². The largest absolute Gasteiger partial charge is 0.300 e. The molecule has 0 rings (SSSR count). The molecule has 0 spiro atoms. The lowest BCUT2D eigenvalue weighted by Gasteiger charge is -1.80. The Balaban J connectivity index is 2.85. The zero-order valence-corrected chi connectivity index (χ0v) is 3.51. The Morgan fingerprint density at radius 3 is 2.20 bits per heavy atom. The zero-order valence-electron chi connectivity index (χ0n) is 2.69. The summed E-state index contributed by atoms with van der Waals surface area (Å²) >= 11 is 4.35. The third-order valence-electron chi connectivity index (χ3n) is 0.161. The molecule has 0 aromatic carbocycles. The second-order valence-corrected chi connectivity index (χ2v) is 1.06. The smallest absolute Gasteiger partial charge is 0.279 e. The van der Waals surface area contributed by atoms with Gasteiger partial charge in [-0.3, -0.25) is 11.2 Å². The summed E-state index contributed by atoms with van der Waals surface area (Å²) in [6, 6.07) is 0. The number of hydrogen-bond acceptors (Lipinski definition) is 2. The van der Waals surface area contributed by atoms with E-state index in [4.69, 9.17) is 5.84 Å². The predicted molar refractivity (Wildman–Crippen MR) is 22.8 cm³/mol. The highest BCUT2D eigenvalue weighted by Crippen LogP contribution is 1.35. The molecule has 0 amide bonds. The highest BCUT2D eigenvalue weighted by molar-refractivity contribution is 7.79. The number of hydrazine groups is 1. The molecular weight excluding hydrogens is 86.1 g/mol. The van der Waals surface area contributed by atoms with Crippen molar-refractivity contribution in [1.29, 1.82) is 0 Å². The molecule has 0 aromatic rings. The molecule has 0 heterocycles. The summed E-state index contributed by atoms with van der Waals surface area (Å²) in [6.45, 7) is 0. The van der Waals surface area contributed by atoms with Crippen LogP contribution in [0.25, 0.3) is 0 Å². The van der Waals surface area contributed by atoms with Gasteiger partial charge in [-0.2, -0.15) is 0 Å². The average molecular weight is 92.1 g/mol. The van der Waals surface area contributed by atoms with Gasteiger partial charge >= 0.3 is 0 Å². The van der Waals surface area contributed by atoms with Crippen molar-refractivity contribution in [2.24, 2.45) is 5.84 Å². The Hall–Kier alpha value is -0.190. The second kappa shape index (κ2) is 2.07. The SMILES string of the molecule is NNC([NH3+])=S. The van der Waals surface area contributed by atoms with E-state index >= 15 is 0 Å². The van der Waals surface area contributed by atoms with Crippen molar-refractivity contribution in [2.45, 2.75) is 0 Å². The van der Waals surface area contributed by atoms with E-state index in [1.165, 1.54) is 0 Å². The first-order valence-electron chi connectivity index (χ1n) is 1.10. The molecule has 0 aromatic heterocycles. The van der Waals surface area contributed by atoms with Gasteiger partial charge < -0.3 is 0 Å². The molecule has 0 saturated heterocycles. The van der Waals surface area contributed by atoms with Gasteiger partial charge in [0.05, 0.1) is 0 Å². The van der Waals surface area contributed by atoms with Crippen LogP contribution < -0.4 is 17.0 Å². The zero-order chi connectivity index (χ0) is 4.28. The third kappa shape index (κ3) is 3.81. The lowest BCUT2D eigenvalue weighted by atomic mass is 11.2. The van der Waals surface area contributed by atoms with Crippen LogP contribution in [0, 0.1) is 0 Å². The van der Waals surface area contributed by atoms with Gasteiger partial charge in [-0.15, -0.1) is 0 Å². The van der Waals surface area contributed by atoms with Gasteiger partial charge in [-0.25, -0.2) is 5.84 Å². The lowest BCUT2D eigenvalue weighted by Crippen LogP contribution is -2.64. The molecule has 4 heteroatoms. The summed E-state index contributed by atoms with van der Waals surface area (Å²) in [7, 11) is 0. The molecule has 0 unspecified atom stereocenters. The normalized spacial score (nSPS) is 6.80. The van der Waals surface area contributed by atoms with Gasteiger partial charge in [0, 0.05) is 12.2 Å². The maximum Gasteiger partial charge on any atom is 0.279 e. The van der Waals surface area contributed by atoms with E-state index in [1.54, 1.807) is 0 Å². The van der Waals surface area contributed by atoms with Crippen LogP contribution in [0.2, 0.25) is 0 Å². The van der Waals surface area contributed by atoms with Crippen LogP contribution >= 0.6 is 12.2 Å². The predicted octanol–water partition coefficient (Wildman–Crippen LogP) is -2.02. The standard InChI is InChI=1S/CH5N3S/c2-1(5)4-3/h3H2,(H3,2,4,5)/p+1. The van der Waals surface area contributed by atoms with Crippen LogP contribution in [0.1, 0.15) is 0 Å². The van der Waals surface area contributed by atoms with Crippen LogP contribution in [0.4, 0.5) is 0 Å². The van der Waals surface area contributed by atoms with Crippen LogP contribution in [0.3, 0.4) is 0 Å². The molecular formula is CH6N3S+. The summed E-state index contributed by atoms with van der Waals surface area (Å²) < 4.78 is 0. The number of nitrogens with one attached hydrogen (secondary N) is 1. The Kier molecular flexibility index (Phi) is 1.99. The monoisotopic (exact) mass is 92.0 g/mol. The number of nitrogens with two attached hydrogens (primary N) is 1. The van der Waals surface area contributed by atoms with Crippen LogP contribution in [-0.2, 0) is 0 Å². The Morgan fingerprint density at radius 1 is 2.00 bits per heavy atom. The number of thiocarbonyl (C=S) groups is 1. The van der Waals surface area contributed by atoms with Gasteiger partial charge in [0.25, 0.3) is 5.11 Å². The van der Waals surface area contributed by atoms with Crippen LogP contribution in [-0.4, -0.2) is 5.11 Å². The summed E-state index contributed by atoms with van der Waals surface area (Å²) in [4.78, 5) is 0. The molecule has 0 saturated carbocycles. The fourth-order valence-corrected chi connectivity index (χ4v) is 0. The molecule has 0 fully saturated rings. The molecule has 30 valence electrons. The lowest BCUT2D eigenvalue weighted by molar-refractivity contribution is -0.215. The molecule has 6 N–H and O–H groups in total. The Morgan fingerprint density at radius 2 is 2.20 bits per heavy atom. The van der Waals surface area contributed by atoms with E-state index in [2.05, 4.69) is 23.4 Å². The minimum absolute atomic E-state index is 0.366. The van der Waals surface area contributed by atoms with Gasteiger partial charge in [0.1, 0.15) is 0 Å². The first kappa shape index (κ1) is 4.81. The first-order chi connectivity index (χ1) is 2.27. The minimum atomic E-state index is 0.366. The van der Waals surface area contributed by atoms with Crippen molar-refractivity contribution in [1.82, 2.24) is 5.43 Å². The quantitative estimate of drug-likeness (QED) is 0.183. The fraction of sp³-hybridized carbons (Fsp3) is 0. The summed E-state index contributed by atoms with van der Waals surface area (Å²) in [6.07, 6.45) is 0. The molecule has 5 heavy (non-hydrogen) atoms. The van der Waals surface area contributed by atoms with E-state index in [1.807, 2.05) is 0 Å². The van der Waals surface area contributed by atoms with Crippen molar-refractivity contribution < 1.29 is 5.73 Å². The molecule has 0 atom stereocenters. The first-order valence-corrected chi connectivity index (χ1v) is 1.50. The van der Waals surface area contributed by atoms with Gasteiger partial charge in [0.15, 0.2) is 0 Å². The fourth-order valence-electron chi connectivity index (χ4n) is 0. The van der Waals surface area contributed by atoms with Crippen LogP contribution in [0.5, 0.6) is 0 Å². The number of hydrogen-bond donors (Lipinski definition) is 3. The third-order valence-corrected chi connectivity index (χ3v) is 0.279. The molecule has 3 nitrogen and oxygen atoms in total. The summed E-state index contributed by atoms with van der Waals surface area (Å²) in [5.74, 6) is 4.72. The second-order valence-electron chi connectivity index (χ2n) is 0.568. The highest BCUT2D eigenvalue weighted by atomic mass is 32.1. The van der Waals surface area contributed by atoms with Crippen molar-refractivity contribution in [3.05, 3.63) is 0 Å². The van der Waals surface area contributed by atoms with E-state index in [0.717, 1.165) is 0 Å². The van der Waals surface area contributed by atoms with Crippen molar-refractivity contribution >= 4 is 17.3 Å². The maximum absolute atomic E-state index is 4.72. The number of quaternary nitrogens is 1. The van der Waals surface area contributed by atoms with Crippen molar-refractivity contribution in [2.75, 3.05) is 0 Å². The van der Waals surface area contributed by atoms with E-state index in [0.29, 0.717) is 5.11 Å². The average Bonchev–Trinajstić information content (AvgIpc) is 1.38. The Labute approximate surface area is 35.3 Å². The minimum Gasteiger partial charge on any atom is -0.300 e. The molecule has 0 aliphatic heterocycles. The summed E-state index contributed by atoms with van der Waals surface area (Å²) in [5, 5.41) is 0.366. The van der Waals surface area contributed by atoms with Gasteiger partial charge in [0.2, 0.25) is 0 Å². The molecule has 0 aliphatic rings. The van der Waals surface area contributed by atoms with Crippen LogP contribution in [0.15, 0.2) is 0 Å². The number of rotatable bonds is 0. The molecule has 0 radical (unpaired) electrons. The van der Waals surface area contributed by atoms with Crippen molar-refractivity contribution in [3.8, 4) is 0 Å². The highest BCUT2D eigenvalue weighted by Gasteiger charge is 1.73. The molecule has 0 bridgehead atoms. The van der Waals surface area contributed by atoms with E-state index < -0.39 is 0 Å². The van der Waals surface area contributed by atoms with Gasteiger partial charge in [-0.05, 0) is 0 Å². The van der Waals surface area contributed by atoms with E-state index in [-0.39, 0.29) is 0 Å². The topological polar surface area (TPSA) is 65.7 Å². The van der Waals surface area contributed by atoms with E-state index in [9.17, 15) is 0 Å². The summed E-state index contributed by atoms with van der Waals surface area (Å²) in [5.41, 5.74) is 5.40. The maximum atomic E-state index is 4.72.